The van der Waals surface area contributed by atoms with Gasteiger partial charge in [-0.1, -0.05) is 6.58 Å². The molecule has 1 aliphatic heterocycles. The summed E-state index contributed by atoms with van der Waals surface area (Å²) in [7, 11) is 0. The minimum absolute atomic E-state index is 0.284. The van der Waals surface area contributed by atoms with Gasteiger partial charge in [0.15, 0.2) is 0 Å². The number of aliphatic hydroxyl groups is 1. The second-order valence-electron chi connectivity index (χ2n) is 5.93. The summed E-state index contributed by atoms with van der Waals surface area (Å²) >= 11 is 12.1. The van der Waals surface area contributed by atoms with Gasteiger partial charge < -0.3 is 9.84 Å². The van der Waals surface area contributed by atoms with E-state index in [0.29, 0.717) is 18.8 Å². The predicted molar refractivity (Wildman–Crippen MR) is 135 cm³/mol. The number of hydrogen-bond donors (Lipinski definition) is 1. The summed E-state index contributed by atoms with van der Waals surface area (Å²) in [4.78, 5) is 11.3. The summed E-state index contributed by atoms with van der Waals surface area (Å²) < 4.78 is 5.09. The molecular weight excluding hydrogens is 457 g/mol. The molecule has 0 amide bonds. The maximum atomic E-state index is 11.3. The van der Waals surface area contributed by atoms with Crippen molar-refractivity contribution in [3.8, 4) is 0 Å². The van der Waals surface area contributed by atoms with Gasteiger partial charge in [-0.2, -0.15) is 70.6 Å². The predicted octanol–water partition coefficient (Wildman–Crippen LogP) is 4.25. The molecule has 1 N–H and O–H groups in total. The summed E-state index contributed by atoms with van der Waals surface area (Å²) in [5.74, 6) is 11.2. The average Bonchev–Trinajstić information content (AvgIpc) is 2.66. The Morgan fingerprint density at radius 1 is 1.00 bits per heavy atom. The van der Waals surface area contributed by atoms with E-state index in [0.717, 1.165) is 33.5 Å². The van der Waals surface area contributed by atoms with Gasteiger partial charge in [-0.25, -0.2) is 4.79 Å². The molecule has 1 rings (SSSR count). The van der Waals surface area contributed by atoms with Crippen molar-refractivity contribution in [2.75, 3.05) is 70.7 Å². The van der Waals surface area contributed by atoms with Gasteiger partial charge >= 0.3 is 5.97 Å². The molecule has 0 aliphatic carbocycles. The Labute approximate surface area is 190 Å². The molecule has 0 aromatic rings. The summed E-state index contributed by atoms with van der Waals surface area (Å²) in [6.07, 6.45) is 0. The molecule has 158 valence electrons. The first-order valence-corrected chi connectivity index (χ1v) is 15.8. The van der Waals surface area contributed by atoms with E-state index in [1.165, 1.54) is 34.5 Å². The molecule has 0 aromatic carbocycles. The molecule has 3 nitrogen and oxygen atoms in total. The molecule has 1 heterocycles. The summed E-state index contributed by atoms with van der Waals surface area (Å²) in [5.41, 5.74) is 0.468. The lowest BCUT2D eigenvalue weighted by Gasteiger charge is -2.28. The quantitative estimate of drug-likeness (QED) is 0.195. The monoisotopic (exact) mass is 488 g/mol. The number of rotatable bonds is 16. The number of carbonyl (C=O) groups is 1. The van der Waals surface area contributed by atoms with E-state index in [9.17, 15) is 4.79 Å². The fraction of sp³-hybridized carbons (Fsp3) is 0.833. The van der Waals surface area contributed by atoms with Gasteiger partial charge in [-0.05, 0) is 6.92 Å². The third kappa shape index (κ3) is 14.8. The second-order valence-corrected chi connectivity index (χ2v) is 13.4. The molecule has 2 atom stereocenters. The fourth-order valence-electron chi connectivity index (χ4n) is 2.11. The molecule has 1 fully saturated rings. The molecule has 0 radical (unpaired) electrons. The highest BCUT2D eigenvalue weighted by Crippen LogP contribution is 2.34. The van der Waals surface area contributed by atoms with Crippen LogP contribution in [0.15, 0.2) is 12.2 Å². The van der Waals surface area contributed by atoms with Crippen molar-refractivity contribution < 1.29 is 14.6 Å². The van der Waals surface area contributed by atoms with Crippen LogP contribution < -0.4 is 0 Å². The molecule has 1 saturated heterocycles. The number of ether oxygens (including phenoxy) is 1. The van der Waals surface area contributed by atoms with Crippen LogP contribution in [-0.2, 0) is 9.53 Å². The molecule has 0 bridgehead atoms. The SMILES string of the molecule is C=C(C)C(=O)OCCSCCSCC1CSCC(CSCCSCCO)S1. The van der Waals surface area contributed by atoms with Crippen molar-refractivity contribution in [3.05, 3.63) is 12.2 Å². The zero-order chi connectivity index (χ0) is 19.7. The highest BCUT2D eigenvalue weighted by atomic mass is 32.2. The summed E-state index contributed by atoms with van der Waals surface area (Å²) in [6, 6.07) is 0. The van der Waals surface area contributed by atoms with Crippen molar-refractivity contribution >= 4 is 76.5 Å². The van der Waals surface area contributed by atoms with Crippen LogP contribution in [0.2, 0.25) is 0 Å². The van der Waals surface area contributed by atoms with Gasteiger partial charge in [-0.15, -0.1) is 0 Å². The van der Waals surface area contributed by atoms with Crippen molar-refractivity contribution in [1.29, 1.82) is 0 Å². The standard InChI is InChI=1S/C18H32O3S6/c1-15(2)18(20)21-4-6-23-8-10-25-12-17-14-26-13-16(27-17)11-24-9-7-22-5-3-19/h16-17,19H,1,3-14H2,2H3. The van der Waals surface area contributed by atoms with E-state index >= 15 is 0 Å². The van der Waals surface area contributed by atoms with E-state index < -0.39 is 0 Å². The van der Waals surface area contributed by atoms with E-state index in [4.69, 9.17) is 9.84 Å². The Balaban J connectivity index is 1.94. The highest BCUT2D eigenvalue weighted by molar-refractivity contribution is 8.09. The summed E-state index contributed by atoms with van der Waals surface area (Å²) in [6.45, 7) is 6.03. The summed E-state index contributed by atoms with van der Waals surface area (Å²) in [5, 5.41) is 10.4. The molecule has 9 heteroatoms. The lowest BCUT2D eigenvalue weighted by molar-refractivity contribution is -0.138. The Bertz CT molecular complexity index is 411. The Morgan fingerprint density at radius 3 is 2.11 bits per heavy atom. The van der Waals surface area contributed by atoms with Crippen molar-refractivity contribution in [2.24, 2.45) is 0 Å². The van der Waals surface area contributed by atoms with Gasteiger partial charge in [0.25, 0.3) is 0 Å². The molecule has 0 spiro atoms. The first-order chi connectivity index (χ1) is 13.1. The van der Waals surface area contributed by atoms with E-state index in [1.807, 2.05) is 23.5 Å². The van der Waals surface area contributed by atoms with Crippen LogP contribution in [-0.4, -0.2) is 92.3 Å². The second kappa shape index (κ2) is 18.1. The third-order valence-corrected chi connectivity index (χ3v) is 11.6. The zero-order valence-corrected chi connectivity index (χ0v) is 21.0. The van der Waals surface area contributed by atoms with Gasteiger partial charge in [0.05, 0.1) is 6.61 Å². The van der Waals surface area contributed by atoms with Crippen molar-refractivity contribution in [3.63, 3.8) is 0 Å². The number of thioether (sulfide) groups is 6. The first kappa shape index (κ1) is 26.3. The molecule has 27 heavy (non-hydrogen) atoms. The zero-order valence-electron chi connectivity index (χ0n) is 16.1. The van der Waals surface area contributed by atoms with Crippen LogP contribution in [0, 0.1) is 0 Å². The lowest BCUT2D eigenvalue weighted by Crippen LogP contribution is -2.25. The van der Waals surface area contributed by atoms with Gasteiger partial charge in [-0.3, -0.25) is 0 Å². The number of esters is 1. The van der Waals surface area contributed by atoms with Crippen molar-refractivity contribution in [2.45, 2.75) is 17.4 Å². The van der Waals surface area contributed by atoms with Crippen LogP contribution in [0.5, 0.6) is 0 Å². The van der Waals surface area contributed by atoms with Crippen LogP contribution >= 0.6 is 70.6 Å². The molecule has 1 aliphatic rings. The minimum Gasteiger partial charge on any atom is -0.461 e. The van der Waals surface area contributed by atoms with Gasteiger partial charge in [0.2, 0.25) is 0 Å². The Kier molecular flexibility index (Phi) is 17.6. The van der Waals surface area contributed by atoms with E-state index in [-0.39, 0.29) is 5.97 Å². The Morgan fingerprint density at radius 2 is 1.56 bits per heavy atom. The third-order valence-electron chi connectivity index (χ3n) is 3.39. The van der Waals surface area contributed by atoms with Crippen LogP contribution in [0.3, 0.4) is 0 Å². The molecule has 0 aromatic heterocycles. The lowest BCUT2D eigenvalue weighted by atomic mass is 10.4. The topological polar surface area (TPSA) is 46.5 Å². The van der Waals surface area contributed by atoms with Crippen LogP contribution in [0.1, 0.15) is 6.92 Å². The van der Waals surface area contributed by atoms with Crippen molar-refractivity contribution in [1.82, 2.24) is 0 Å². The molecule has 0 saturated carbocycles. The maximum absolute atomic E-state index is 11.3. The Hall–Kier alpha value is 1.27. The molecular formula is C18H32O3S6. The number of hydrogen-bond acceptors (Lipinski definition) is 9. The van der Waals surface area contributed by atoms with E-state index in [1.54, 1.807) is 6.92 Å². The highest BCUT2D eigenvalue weighted by Gasteiger charge is 2.22. The average molecular weight is 489 g/mol. The number of aliphatic hydroxyl groups excluding tert-OH is 1. The fourth-order valence-corrected chi connectivity index (χ4v) is 9.98. The maximum Gasteiger partial charge on any atom is 0.333 e. The van der Waals surface area contributed by atoms with Crippen LogP contribution in [0.25, 0.3) is 0 Å². The minimum atomic E-state index is -0.284. The number of carbonyl (C=O) groups excluding carboxylic acids is 1. The van der Waals surface area contributed by atoms with E-state index in [2.05, 4.69) is 53.6 Å². The van der Waals surface area contributed by atoms with Gasteiger partial charge in [0.1, 0.15) is 6.61 Å². The first-order valence-electron chi connectivity index (χ1n) is 9.11. The van der Waals surface area contributed by atoms with Gasteiger partial charge in [0, 0.05) is 73.6 Å². The normalized spacial score (nSPS) is 19.8. The molecule has 2 unspecified atom stereocenters. The van der Waals surface area contributed by atoms with Crippen LogP contribution in [0.4, 0.5) is 0 Å². The largest absolute Gasteiger partial charge is 0.461 e. The smallest absolute Gasteiger partial charge is 0.333 e.